The lowest BCUT2D eigenvalue weighted by atomic mass is 10.0. The number of ether oxygens (including phenoxy) is 1. The van der Waals surface area contributed by atoms with Gasteiger partial charge in [-0.2, -0.15) is 0 Å². The number of aliphatic imine (C=N–C) groups is 1. The molecule has 4 nitrogen and oxygen atoms in total. The van der Waals surface area contributed by atoms with Crippen LogP contribution < -0.4 is 10.5 Å². The van der Waals surface area contributed by atoms with E-state index in [4.69, 9.17) is 5.73 Å². The molecule has 30 heavy (non-hydrogen) atoms. The summed E-state index contributed by atoms with van der Waals surface area (Å²) in [5.41, 5.74) is 9.39. The van der Waals surface area contributed by atoms with Crippen molar-refractivity contribution in [2.45, 2.75) is 18.8 Å². The van der Waals surface area contributed by atoms with E-state index in [9.17, 15) is 17.6 Å². The van der Waals surface area contributed by atoms with Crippen molar-refractivity contribution >= 4 is 6.21 Å². The van der Waals surface area contributed by atoms with E-state index in [2.05, 4.69) is 14.3 Å². The molecule has 1 atom stereocenters. The summed E-state index contributed by atoms with van der Waals surface area (Å²) in [6.45, 7) is 1.01. The lowest BCUT2D eigenvalue weighted by molar-refractivity contribution is -0.274. The maximum Gasteiger partial charge on any atom is 0.573 e. The zero-order chi connectivity index (χ0) is 21.3. The Labute approximate surface area is 170 Å². The number of hydrogen-bond acceptors (Lipinski definition) is 3. The Morgan fingerprint density at radius 2 is 1.83 bits per heavy atom. The summed E-state index contributed by atoms with van der Waals surface area (Å²) in [7, 11) is 0. The number of alkyl halides is 3. The van der Waals surface area contributed by atoms with Gasteiger partial charge < -0.3 is 15.0 Å². The maximum atomic E-state index is 13.5. The van der Waals surface area contributed by atoms with Crippen molar-refractivity contribution in [3.05, 3.63) is 66.1 Å². The topological polar surface area (TPSA) is 52.5 Å². The van der Waals surface area contributed by atoms with Crippen LogP contribution in [0.5, 0.6) is 5.75 Å². The van der Waals surface area contributed by atoms with Gasteiger partial charge in [0.05, 0.1) is 24.0 Å². The zero-order valence-electron chi connectivity index (χ0n) is 15.9. The van der Waals surface area contributed by atoms with Crippen LogP contribution >= 0.6 is 0 Å². The third-order valence-electron chi connectivity index (χ3n) is 4.97. The van der Waals surface area contributed by atoms with Crippen LogP contribution in [0.15, 0.2) is 59.6 Å². The first-order valence-corrected chi connectivity index (χ1v) is 9.43. The first-order chi connectivity index (χ1) is 14.4. The van der Waals surface area contributed by atoms with Gasteiger partial charge in [-0.3, -0.25) is 4.99 Å². The highest BCUT2D eigenvalue weighted by Crippen LogP contribution is 2.40. The molecule has 0 fully saturated rings. The predicted molar refractivity (Wildman–Crippen MR) is 107 cm³/mol. The number of fused-ring (bicyclic) bond motifs is 1. The predicted octanol–water partition coefficient (Wildman–Crippen LogP) is 5.18. The Balaban J connectivity index is 1.89. The van der Waals surface area contributed by atoms with Crippen LogP contribution in [-0.2, 0) is 0 Å². The molecule has 1 aromatic heterocycles. The molecule has 2 heterocycles. The Bertz CT molecular complexity index is 1070. The van der Waals surface area contributed by atoms with Gasteiger partial charge in [0.2, 0.25) is 0 Å². The summed E-state index contributed by atoms with van der Waals surface area (Å²) < 4.78 is 57.8. The fraction of sp³-hybridized carbons (Fsp3) is 0.227. The normalized spacial score (nSPS) is 15.8. The molecule has 0 aliphatic carbocycles. The molecule has 0 saturated carbocycles. The molecule has 1 aliphatic heterocycles. The first kappa shape index (κ1) is 20.2. The minimum atomic E-state index is -4.78. The molecule has 3 aromatic rings. The van der Waals surface area contributed by atoms with Gasteiger partial charge in [0, 0.05) is 11.8 Å². The smallest absolute Gasteiger partial charge is 0.406 e. The molecule has 8 heteroatoms. The number of nitrogens with two attached hydrogens (primary N) is 1. The van der Waals surface area contributed by atoms with Crippen LogP contribution in [0, 0.1) is 5.82 Å². The molecule has 156 valence electrons. The maximum absolute atomic E-state index is 13.5. The molecule has 2 aromatic carbocycles. The molecule has 0 saturated heterocycles. The first-order valence-electron chi connectivity index (χ1n) is 9.43. The van der Waals surface area contributed by atoms with Crippen LogP contribution in [0.25, 0.3) is 22.4 Å². The minimum Gasteiger partial charge on any atom is -0.406 e. The van der Waals surface area contributed by atoms with E-state index in [-0.39, 0.29) is 17.6 Å². The van der Waals surface area contributed by atoms with Crippen molar-refractivity contribution in [3.63, 3.8) is 0 Å². The SMILES string of the molecule is NCC[C@H]1CN=Cc2cc(-c3cccc(OC(F)(F)F)c3)c(-c3ccc(F)cc3)n21. The molecule has 0 bridgehead atoms. The van der Waals surface area contributed by atoms with Crippen LogP contribution in [0.4, 0.5) is 17.6 Å². The van der Waals surface area contributed by atoms with Gasteiger partial charge in [-0.25, -0.2) is 4.39 Å². The minimum absolute atomic E-state index is 0.00147. The lowest BCUT2D eigenvalue weighted by Crippen LogP contribution is -2.22. The number of nitrogens with zero attached hydrogens (tertiary/aromatic N) is 2. The van der Waals surface area contributed by atoms with Crippen LogP contribution in [0.2, 0.25) is 0 Å². The van der Waals surface area contributed by atoms with E-state index < -0.39 is 6.36 Å². The van der Waals surface area contributed by atoms with Crippen LogP contribution in [-0.4, -0.2) is 30.2 Å². The summed E-state index contributed by atoms with van der Waals surface area (Å²) in [6, 6.07) is 13.7. The summed E-state index contributed by atoms with van der Waals surface area (Å²) >= 11 is 0. The molecule has 1 aliphatic rings. The zero-order valence-corrected chi connectivity index (χ0v) is 15.9. The molecule has 2 N–H and O–H groups in total. The van der Waals surface area contributed by atoms with Crippen molar-refractivity contribution in [2.75, 3.05) is 13.1 Å². The quantitative estimate of drug-likeness (QED) is 0.582. The Hall–Kier alpha value is -3.13. The Morgan fingerprint density at radius 3 is 2.53 bits per heavy atom. The highest BCUT2D eigenvalue weighted by atomic mass is 19.4. The van der Waals surface area contributed by atoms with Crippen LogP contribution in [0.1, 0.15) is 18.2 Å². The van der Waals surface area contributed by atoms with Gasteiger partial charge in [-0.05, 0) is 66.6 Å². The van der Waals surface area contributed by atoms with Gasteiger partial charge >= 0.3 is 6.36 Å². The third-order valence-corrected chi connectivity index (χ3v) is 4.97. The monoisotopic (exact) mass is 417 g/mol. The molecule has 0 amide bonds. The number of rotatable bonds is 5. The highest BCUT2D eigenvalue weighted by Gasteiger charge is 2.31. The van der Waals surface area contributed by atoms with Gasteiger partial charge in [-0.15, -0.1) is 13.2 Å². The molecule has 0 radical (unpaired) electrons. The summed E-state index contributed by atoms with van der Waals surface area (Å²) in [5, 5.41) is 0. The highest BCUT2D eigenvalue weighted by molar-refractivity contribution is 5.90. The van der Waals surface area contributed by atoms with Crippen molar-refractivity contribution in [2.24, 2.45) is 10.7 Å². The van der Waals surface area contributed by atoms with E-state index in [1.807, 2.05) is 6.07 Å². The standard InChI is InChI=1S/C22H19F4N3O/c23-16-6-4-14(5-7-16)21-20(11-18-13-28-12-17(8-9-27)29(18)21)15-2-1-3-19(10-15)30-22(24,25)26/h1-7,10-11,13,17H,8-9,12,27H2/t17-/m0/s1. The average molecular weight is 417 g/mol. The van der Waals surface area contributed by atoms with Crippen molar-refractivity contribution in [3.8, 4) is 28.1 Å². The number of halogens is 4. The van der Waals surface area contributed by atoms with Crippen molar-refractivity contribution < 1.29 is 22.3 Å². The molecular formula is C22H19F4N3O. The summed E-state index contributed by atoms with van der Waals surface area (Å²) in [5.74, 6) is -0.673. The number of hydrogen-bond donors (Lipinski definition) is 1. The second-order valence-electron chi connectivity index (χ2n) is 7.01. The molecule has 0 spiro atoms. The molecular weight excluding hydrogens is 398 g/mol. The molecule has 0 unspecified atom stereocenters. The lowest BCUT2D eigenvalue weighted by Gasteiger charge is -2.25. The second-order valence-corrected chi connectivity index (χ2v) is 7.01. The third kappa shape index (κ3) is 4.09. The average Bonchev–Trinajstić information content (AvgIpc) is 3.08. The van der Waals surface area contributed by atoms with Crippen molar-refractivity contribution in [1.29, 1.82) is 0 Å². The van der Waals surface area contributed by atoms with E-state index in [1.54, 1.807) is 24.4 Å². The number of aromatic nitrogens is 1. The van der Waals surface area contributed by atoms with Crippen LogP contribution in [0.3, 0.4) is 0 Å². The van der Waals surface area contributed by atoms with Gasteiger partial charge in [-0.1, -0.05) is 12.1 Å². The van der Waals surface area contributed by atoms with Crippen molar-refractivity contribution in [1.82, 2.24) is 4.57 Å². The fourth-order valence-corrected chi connectivity index (χ4v) is 3.78. The van der Waals surface area contributed by atoms with Gasteiger partial charge in [0.1, 0.15) is 11.6 Å². The Kier molecular flexibility index (Phi) is 5.34. The summed E-state index contributed by atoms with van der Waals surface area (Å²) in [4.78, 5) is 4.41. The Morgan fingerprint density at radius 1 is 1.07 bits per heavy atom. The molecule has 4 rings (SSSR count). The summed E-state index contributed by atoms with van der Waals surface area (Å²) in [6.07, 6.45) is -2.36. The largest absolute Gasteiger partial charge is 0.573 e. The van der Waals surface area contributed by atoms with E-state index in [1.165, 1.54) is 30.3 Å². The van der Waals surface area contributed by atoms with E-state index in [0.29, 0.717) is 30.6 Å². The van der Waals surface area contributed by atoms with Gasteiger partial charge in [0.25, 0.3) is 0 Å². The van der Waals surface area contributed by atoms with Gasteiger partial charge in [0.15, 0.2) is 0 Å². The fourth-order valence-electron chi connectivity index (χ4n) is 3.78. The van der Waals surface area contributed by atoms with E-state index >= 15 is 0 Å². The second kappa shape index (κ2) is 7.95. The number of benzene rings is 2. The van der Waals surface area contributed by atoms with E-state index in [0.717, 1.165) is 17.0 Å².